The molecule has 2 aromatic heterocycles. The highest BCUT2D eigenvalue weighted by Crippen LogP contribution is 2.40. The van der Waals surface area contributed by atoms with Gasteiger partial charge < -0.3 is 10.4 Å². The van der Waals surface area contributed by atoms with Crippen molar-refractivity contribution in [2.75, 3.05) is 11.9 Å². The first kappa shape index (κ1) is 19.2. The van der Waals surface area contributed by atoms with E-state index in [1.54, 1.807) is 18.6 Å². The molecule has 0 aliphatic heterocycles. The first-order valence-electron chi connectivity index (χ1n) is 9.40. The number of aliphatic hydroxyl groups excluding tert-OH is 1. The zero-order valence-electron chi connectivity index (χ0n) is 15.9. The Morgan fingerprint density at radius 3 is 2.74 bits per heavy atom. The second-order valence-electron chi connectivity index (χ2n) is 7.95. The zero-order chi connectivity index (χ0) is 19.3. The zero-order valence-corrected chi connectivity index (χ0v) is 15.9. The maximum absolute atomic E-state index is 10.2. The lowest BCUT2D eigenvalue weighted by Crippen LogP contribution is -2.37. The van der Waals surface area contributed by atoms with Gasteiger partial charge in [-0.2, -0.15) is 5.26 Å². The number of nitrogens with zero attached hydrogens (tertiary/aromatic N) is 5. The van der Waals surface area contributed by atoms with E-state index in [0.29, 0.717) is 24.0 Å². The first-order valence-corrected chi connectivity index (χ1v) is 9.40. The molecule has 0 amide bonds. The second kappa shape index (κ2) is 8.40. The third kappa shape index (κ3) is 4.98. The van der Waals surface area contributed by atoms with Crippen LogP contribution in [0.1, 0.15) is 49.9 Å². The van der Waals surface area contributed by atoms with Crippen molar-refractivity contribution in [3.63, 3.8) is 0 Å². The van der Waals surface area contributed by atoms with E-state index in [2.05, 4.69) is 45.2 Å². The van der Waals surface area contributed by atoms with Crippen molar-refractivity contribution < 1.29 is 5.11 Å². The summed E-state index contributed by atoms with van der Waals surface area (Å²) in [5.74, 6) is 0.954. The van der Waals surface area contributed by atoms with Crippen LogP contribution < -0.4 is 5.32 Å². The lowest BCUT2D eigenvalue weighted by Gasteiger charge is -2.39. The fourth-order valence-electron chi connectivity index (χ4n) is 3.74. The van der Waals surface area contributed by atoms with E-state index >= 15 is 0 Å². The number of hydrogen-bond donors (Lipinski definition) is 2. The number of hydrogen-bond acceptors (Lipinski definition) is 7. The summed E-state index contributed by atoms with van der Waals surface area (Å²) in [5.41, 5.74) is 2.26. The summed E-state index contributed by atoms with van der Waals surface area (Å²) >= 11 is 0. The van der Waals surface area contributed by atoms with Crippen LogP contribution in [0, 0.1) is 22.7 Å². The summed E-state index contributed by atoms with van der Waals surface area (Å²) in [5, 5.41) is 22.8. The van der Waals surface area contributed by atoms with Gasteiger partial charge in [0.2, 0.25) is 5.95 Å². The van der Waals surface area contributed by atoms with Crippen molar-refractivity contribution in [1.29, 1.82) is 5.26 Å². The van der Waals surface area contributed by atoms with E-state index in [4.69, 9.17) is 0 Å². The SMILES string of the molecule is CC1(C)C[C@H](Cc2nc(NCCc3cncnc3)ncc2C#N)CC[C@@H]1O. The molecular weight excluding hydrogens is 340 g/mol. The molecule has 7 heteroatoms. The fourth-order valence-corrected chi connectivity index (χ4v) is 3.74. The average Bonchev–Trinajstić information content (AvgIpc) is 2.66. The Morgan fingerprint density at radius 2 is 2.04 bits per heavy atom. The predicted molar refractivity (Wildman–Crippen MR) is 102 cm³/mol. The van der Waals surface area contributed by atoms with Crippen molar-refractivity contribution in [2.24, 2.45) is 11.3 Å². The van der Waals surface area contributed by atoms with Crippen LogP contribution in [0.15, 0.2) is 24.9 Å². The van der Waals surface area contributed by atoms with Crippen molar-refractivity contribution in [1.82, 2.24) is 19.9 Å². The molecule has 2 N–H and O–H groups in total. The van der Waals surface area contributed by atoms with Crippen molar-refractivity contribution in [2.45, 2.75) is 52.1 Å². The highest BCUT2D eigenvalue weighted by molar-refractivity contribution is 5.37. The largest absolute Gasteiger partial charge is 0.393 e. The minimum absolute atomic E-state index is 0.0956. The quantitative estimate of drug-likeness (QED) is 0.809. The number of aliphatic hydroxyl groups is 1. The Hall–Kier alpha value is -2.59. The van der Waals surface area contributed by atoms with Crippen molar-refractivity contribution >= 4 is 5.95 Å². The van der Waals surface area contributed by atoms with Crippen molar-refractivity contribution in [3.8, 4) is 6.07 Å². The molecule has 0 aromatic carbocycles. The van der Waals surface area contributed by atoms with Crippen LogP contribution in [0.25, 0.3) is 0 Å². The highest BCUT2D eigenvalue weighted by atomic mass is 16.3. The molecule has 0 radical (unpaired) electrons. The van der Waals surface area contributed by atoms with E-state index in [0.717, 1.165) is 43.4 Å². The van der Waals surface area contributed by atoms with Crippen LogP contribution in [0.5, 0.6) is 0 Å². The highest BCUT2D eigenvalue weighted by Gasteiger charge is 2.35. The van der Waals surface area contributed by atoms with E-state index in [-0.39, 0.29) is 11.5 Å². The number of anilines is 1. The number of nitrogens with one attached hydrogen (secondary N) is 1. The molecule has 1 aliphatic carbocycles. The molecule has 7 nitrogen and oxygen atoms in total. The number of nitriles is 1. The van der Waals surface area contributed by atoms with Crippen LogP contribution in [-0.2, 0) is 12.8 Å². The Balaban J connectivity index is 1.64. The number of aromatic nitrogens is 4. The van der Waals surface area contributed by atoms with Crippen LogP contribution in [0.4, 0.5) is 5.95 Å². The molecule has 0 saturated heterocycles. The first-order chi connectivity index (χ1) is 13.0. The predicted octanol–water partition coefficient (Wildman–Crippen LogP) is 2.52. The molecule has 142 valence electrons. The maximum Gasteiger partial charge on any atom is 0.222 e. The molecule has 2 atom stereocenters. The standard InChI is InChI=1S/C20H26N6O/c1-20(2)8-14(3-4-18(20)27)7-17-16(9-21)12-25-19(26-17)24-6-5-15-10-22-13-23-11-15/h10-14,18,27H,3-8H2,1-2H3,(H,24,25,26)/t14-,18-/m0/s1. The van der Waals surface area contributed by atoms with E-state index < -0.39 is 0 Å². The Labute approximate surface area is 159 Å². The van der Waals surface area contributed by atoms with Gasteiger partial charge in [-0.1, -0.05) is 13.8 Å². The lowest BCUT2D eigenvalue weighted by molar-refractivity contribution is -0.00748. The lowest BCUT2D eigenvalue weighted by atomic mass is 9.69. The summed E-state index contributed by atoms with van der Waals surface area (Å²) in [4.78, 5) is 16.9. The third-order valence-electron chi connectivity index (χ3n) is 5.35. The molecular formula is C20H26N6O. The van der Waals surface area contributed by atoms with Gasteiger partial charge >= 0.3 is 0 Å². The fraction of sp³-hybridized carbons (Fsp3) is 0.550. The number of rotatable bonds is 6. The molecule has 0 unspecified atom stereocenters. The summed E-state index contributed by atoms with van der Waals surface area (Å²) in [6, 6.07) is 2.21. The molecule has 2 heterocycles. The summed E-state index contributed by atoms with van der Waals surface area (Å²) in [6.07, 6.45) is 10.6. The van der Waals surface area contributed by atoms with Crippen LogP contribution in [0.2, 0.25) is 0 Å². The van der Waals surface area contributed by atoms with E-state index in [9.17, 15) is 10.4 Å². The minimum atomic E-state index is -0.256. The second-order valence-corrected chi connectivity index (χ2v) is 7.95. The summed E-state index contributed by atoms with van der Waals surface area (Å²) in [7, 11) is 0. The van der Waals surface area contributed by atoms with Gasteiger partial charge in [0.25, 0.3) is 0 Å². The molecule has 27 heavy (non-hydrogen) atoms. The van der Waals surface area contributed by atoms with Crippen LogP contribution in [0.3, 0.4) is 0 Å². The molecule has 1 aliphatic rings. The molecule has 0 spiro atoms. The normalized spacial score (nSPS) is 21.4. The van der Waals surface area contributed by atoms with Gasteiger partial charge in [-0.25, -0.2) is 19.9 Å². The maximum atomic E-state index is 10.2. The van der Waals surface area contributed by atoms with Gasteiger partial charge in [-0.05, 0) is 49.0 Å². The monoisotopic (exact) mass is 366 g/mol. The molecule has 3 rings (SSSR count). The van der Waals surface area contributed by atoms with Gasteiger partial charge in [-0.3, -0.25) is 0 Å². The topological polar surface area (TPSA) is 108 Å². The van der Waals surface area contributed by atoms with Crippen molar-refractivity contribution in [3.05, 3.63) is 41.7 Å². The van der Waals surface area contributed by atoms with Gasteiger partial charge in [0.1, 0.15) is 12.4 Å². The van der Waals surface area contributed by atoms with Gasteiger partial charge in [-0.15, -0.1) is 0 Å². The smallest absolute Gasteiger partial charge is 0.222 e. The Morgan fingerprint density at radius 1 is 1.26 bits per heavy atom. The van der Waals surface area contributed by atoms with Crippen LogP contribution >= 0.6 is 0 Å². The van der Waals surface area contributed by atoms with Gasteiger partial charge in [0.05, 0.1) is 23.6 Å². The average molecular weight is 366 g/mol. The van der Waals surface area contributed by atoms with Gasteiger partial charge in [0, 0.05) is 18.9 Å². The van der Waals surface area contributed by atoms with Gasteiger partial charge in [0.15, 0.2) is 0 Å². The Kier molecular flexibility index (Phi) is 5.97. The minimum Gasteiger partial charge on any atom is -0.393 e. The third-order valence-corrected chi connectivity index (χ3v) is 5.35. The molecule has 0 bridgehead atoms. The van der Waals surface area contributed by atoms with E-state index in [1.807, 2.05) is 0 Å². The molecule has 1 saturated carbocycles. The van der Waals surface area contributed by atoms with E-state index in [1.165, 1.54) is 6.33 Å². The molecule has 2 aromatic rings. The summed E-state index contributed by atoms with van der Waals surface area (Å²) < 4.78 is 0. The molecule has 1 fully saturated rings. The summed E-state index contributed by atoms with van der Waals surface area (Å²) in [6.45, 7) is 4.88. The Bertz CT molecular complexity index is 802. The van der Waals surface area contributed by atoms with Crippen LogP contribution in [-0.4, -0.2) is 37.7 Å².